The van der Waals surface area contributed by atoms with Crippen LogP contribution in [0.25, 0.3) is 11.1 Å². The number of hydrogen-bond acceptors (Lipinski definition) is 0. The number of hydrogen-bond donors (Lipinski definition) is 0. The van der Waals surface area contributed by atoms with Crippen molar-refractivity contribution in [2.45, 2.75) is 39.2 Å². The van der Waals surface area contributed by atoms with Gasteiger partial charge in [-0.25, -0.2) is 19.9 Å². The molecule has 0 radical (unpaired) electrons. The Bertz CT molecular complexity index is 1020. The van der Waals surface area contributed by atoms with Gasteiger partial charge in [-0.15, -0.1) is 0 Å². The van der Waals surface area contributed by atoms with Crippen molar-refractivity contribution in [2.24, 2.45) is 11.8 Å². The van der Waals surface area contributed by atoms with Gasteiger partial charge in [-0.3, -0.25) is 12.2 Å². The molecule has 2 atom stereocenters. The van der Waals surface area contributed by atoms with Crippen LogP contribution in [0.15, 0.2) is 71.8 Å². The van der Waals surface area contributed by atoms with E-state index in [9.17, 15) is 8.78 Å². The van der Waals surface area contributed by atoms with Crippen LogP contribution < -0.4 is 24.8 Å². The van der Waals surface area contributed by atoms with Crippen molar-refractivity contribution in [3.05, 3.63) is 107 Å². The minimum atomic E-state index is -0.194. The van der Waals surface area contributed by atoms with Crippen LogP contribution >= 0.6 is 0 Å². The van der Waals surface area contributed by atoms with Crippen LogP contribution in [0.3, 0.4) is 0 Å². The Kier molecular flexibility index (Phi) is 15.7. The van der Waals surface area contributed by atoms with Gasteiger partial charge in [0.25, 0.3) is 0 Å². The molecular formula is C28H30Cl2F2GeHf-2. The molecule has 34 heavy (non-hydrogen) atoms. The SMILES string of the molecule is CC1=[C-]C(C)C=C1c1cccc(F)c1.CC1=[C-]C(C)C=C1c1cccc(F)c1.[CH3][Ge]([CH3])=[Hf+2].[Cl-].[Cl-]. The molecule has 0 aromatic heterocycles. The van der Waals surface area contributed by atoms with Gasteiger partial charge < -0.3 is 24.8 Å². The second-order valence-electron chi connectivity index (χ2n) is 8.30. The molecule has 0 amide bonds. The fraction of sp³-hybridized carbons (Fsp3) is 0.286. The standard InChI is InChI=1S/2C13H12F.C2H6Ge.2ClH.Hf/c2*1-9-6-10(2)13(7-9)11-4-3-5-12(14)8-11;1-3-2;;;/h2*3-5,7-9H,1-2H3;1-2H3;2*1H;/q2*-1;;;;+2/p-2. The molecular weight excluding hydrogens is 696 g/mol. The van der Waals surface area contributed by atoms with Gasteiger partial charge in [0.2, 0.25) is 0 Å². The van der Waals surface area contributed by atoms with Gasteiger partial charge in [-0.1, -0.05) is 74.9 Å². The zero-order chi connectivity index (χ0) is 23.8. The average molecular weight is 727 g/mol. The fourth-order valence-corrected chi connectivity index (χ4v) is 3.61. The van der Waals surface area contributed by atoms with Crippen LogP contribution in [-0.4, -0.2) is 10.1 Å². The Labute approximate surface area is 232 Å². The Morgan fingerprint density at radius 2 is 1.06 bits per heavy atom. The molecule has 0 nitrogen and oxygen atoms in total. The van der Waals surface area contributed by atoms with Gasteiger partial charge in [-0.05, 0) is 24.3 Å². The van der Waals surface area contributed by atoms with E-state index in [4.69, 9.17) is 0 Å². The zero-order valence-electron chi connectivity index (χ0n) is 20.4. The second-order valence-corrected chi connectivity index (χ2v) is 31.2. The van der Waals surface area contributed by atoms with Crippen LogP contribution in [-0.2, 0) is 21.3 Å². The van der Waals surface area contributed by atoms with Crippen LogP contribution in [0.1, 0.15) is 38.8 Å². The van der Waals surface area contributed by atoms with Gasteiger partial charge in [0, 0.05) is 0 Å². The van der Waals surface area contributed by atoms with Crippen LogP contribution in [0.4, 0.5) is 8.78 Å². The predicted molar refractivity (Wildman–Crippen MR) is 129 cm³/mol. The van der Waals surface area contributed by atoms with E-state index in [1.807, 2.05) is 26.0 Å². The molecule has 0 saturated heterocycles. The first-order chi connectivity index (χ1) is 15.1. The molecule has 4 rings (SSSR count). The molecule has 2 aromatic rings. The van der Waals surface area contributed by atoms with Gasteiger partial charge >= 0.3 is 42.8 Å². The summed E-state index contributed by atoms with van der Waals surface area (Å²) in [5.74, 6) is 5.10. The molecule has 0 heterocycles. The molecule has 2 unspecified atom stereocenters. The van der Waals surface area contributed by atoms with E-state index < -0.39 is 0 Å². The molecule has 0 saturated carbocycles. The minimum Gasteiger partial charge on any atom is -1.00 e. The van der Waals surface area contributed by atoms with Crippen molar-refractivity contribution in [2.75, 3.05) is 0 Å². The van der Waals surface area contributed by atoms with E-state index in [-0.39, 0.29) is 46.5 Å². The summed E-state index contributed by atoms with van der Waals surface area (Å²) in [6.07, 6.45) is 10.8. The zero-order valence-corrected chi connectivity index (χ0v) is 27.6. The molecule has 2 aliphatic rings. The quantitative estimate of drug-likeness (QED) is 0.329. The first-order valence-corrected chi connectivity index (χ1v) is 25.3. The number of halogens is 4. The summed E-state index contributed by atoms with van der Waals surface area (Å²) >= 11 is 1.52. The smallest absolute Gasteiger partial charge is 1.00 e. The third kappa shape index (κ3) is 10.9. The molecule has 0 bridgehead atoms. The van der Waals surface area contributed by atoms with E-state index in [0.717, 1.165) is 33.4 Å². The van der Waals surface area contributed by atoms with E-state index in [2.05, 4.69) is 49.7 Å². The summed E-state index contributed by atoms with van der Waals surface area (Å²) in [7, 11) is -0.194. The third-order valence-corrected chi connectivity index (χ3v) is 4.80. The average Bonchev–Trinajstić information content (AvgIpc) is 3.22. The summed E-state index contributed by atoms with van der Waals surface area (Å²) < 4.78 is 26.0. The molecule has 0 N–H and O–H groups in total. The first kappa shape index (κ1) is 33.3. The maximum Gasteiger partial charge on any atom is -1.00 e. The molecule has 6 heteroatoms. The largest absolute Gasteiger partial charge is 1.00 e. The van der Waals surface area contributed by atoms with Crippen molar-refractivity contribution >= 4 is 21.2 Å². The predicted octanol–water partition coefficient (Wildman–Crippen LogP) is 2.01. The van der Waals surface area contributed by atoms with Crippen molar-refractivity contribution in [1.29, 1.82) is 0 Å². The van der Waals surface area contributed by atoms with Crippen LogP contribution in [0.2, 0.25) is 11.5 Å². The Morgan fingerprint density at radius 1 is 0.735 bits per heavy atom. The second kappa shape index (κ2) is 16.1. The van der Waals surface area contributed by atoms with Crippen molar-refractivity contribution in [3.8, 4) is 0 Å². The number of allylic oxidation sites excluding steroid dienone is 8. The molecule has 2 aliphatic carbocycles. The Hall–Kier alpha value is -0.747. The Balaban J connectivity index is 0.000000528. The number of benzene rings is 2. The normalized spacial score (nSPS) is 17.8. The van der Waals surface area contributed by atoms with Crippen LogP contribution in [0.5, 0.6) is 0 Å². The summed E-state index contributed by atoms with van der Waals surface area (Å²) in [5, 5.41) is 0. The topological polar surface area (TPSA) is 0 Å². The van der Waals surface area contributed by atoms with E-state index in [1.54, 1.807) is 24.3 Å². The van der Waals surface area contributed by atoms with Gasteiger partial charge in [0.15, 0.2) is 0 Å². The fourth-order valence-electron chi connectivity index (χ4n) is 3.61. The van der Waals surface area contributed by atoms with Gasteiger partial charge in [0.05, 0.1) is 0 Å². The van der Waals surface area contributed by atoms with E-state index in [0.29, 0.717) is 11.8 Å². The summed E-state index contributed by atoms with van der Waals surface area (Å²) in [6.45, 7) is 8.19. The molecule has 0 spiro atoms. The monoisotopic (exact) mass is 728 g/mol. The molecule has 0 fully saturated rings. The first-order valence-electron chi connectivity index (χ1n) is 10.7. The van der Waals surface area contributed by atoms with Crippen LogP contribution in [0, 0.1) is 35.6 Å². The summed E-state index contributed by atoms with van der Waals surface area (Å²) in [5.41, 5.74) is 6.33. The molecule has 2 aromatic carbocycles. The maximum absolute atomic E-state index is 13.0. The van der Waals surface area contributed by atoms with E-state index >= 15 is 0 Å². The van der Waals surface area contributed by atoms with Crippen molar-refractivity contribution < 1.29 is 54.9 Å². The minimum absolute atomic E-state index is 0. The summed E-state index contributed by atoms with van der Waals surface area (Å²) in [4.78, 5) is 0. The summed E-state index contributed by atoms with van der Waals surface area (Å²) in [6, 6.07) is 13.4. The molecule has 180 valence electrons. The van der Waals surface area contributed by atoms with Gasteiger partial charge in [0.1, 0.15) is 11.6 Å². The molecule has 0 aliphatic heterocycles. The Morgan fingerprint density at radius 3 is 1.29 bits per heavy atom. The van der Waals surface area contributed by atoms with Crippen molar-refractivity contribution in [3.63, 3.8) is 0 Å². The maximum atomic E-state index is 13.0. The van der Waals surface area contributed by atoms with E-state index in [1.165, 1.54) is 33.4 Å². The third-order valence-electron chi connectivity index (χ3n) is 4.80. The van der Waals surface area contributed by atoms with Gasteiger partial charge in [-0.2, -0.15) is 23.3 Å². The number of rotatable bonds is 2. The van der Waals surface area contributed by atoms with Crippen molar-refractivity contribution in [1.82, 2.24) is 0 Å².